The van der Waals surface area contributed by atoms with E-state index >= 15 is 0 Å². The average molecular weight is 390 g/mol. The van der Waals surface area contributed by atoms with E-state index in [-0.39, 0.29) is 30.3 Å². The number of sulfonamides is 1. The first-order chi connectivity index (χ1) is 12.7. The Labute approximate surface area is 158 Å². The number of hydrogen-bond acceptors (Lipinski definition) is 4. The molecule has 1 amide bonds. The van der Waals surface area contributed by atoms with Gasteiger partial charge in [0, 0.05) is 26.1 Å². The normalized spacial score (nSPS) is 20.1. The minimum absolute atomic E-state index is 0.0114. The van der Waals surface area contributed by atoms with Gasteiger partial charge in [-0.1, -0.05) is 30.3 Å². The molecule has 1 aliphatic heterocycles. The molecular weight excluding hydrogens is 368 g/mol. The summed E-state index contributed by atoms with van der Waals surface area (Å²) in [5, 5.41) is 11.0. The molecule has 1 aliphatic rings. The van der Waals surface area contributed by atoms with Gasteiger partial charge in [0.15, 0.2) is 0 Å². The van der Waals surface area contributed by atoms with Crippen molar-refractivity contribution in [3.63, 3.8) is 0 Å². The Morgan fingerprint density at radius 1 is 1.19 bits per heavy atom. The first kappa shape index (κ1) is 19.3. The van der Waals surface area contributed by atoms with Crippen LogP contribution in [0.3, 0.4) is 0 Å². The lowest BCUT2D eigenvalue weighted by atomic mass is 9.90. The van der Waals surface area contributed by atoms with E-state index < -0.39 is 21.4 Å². The second kappa shape index (κ2) is 7.28. The second-order valence-corrected chi connectivity index (χ2v) is 8.85. The van der Waals surface area contributed by atoms with Crippen LogP contribution < -0.4 is 4.72 Å². The second-order valence-electron chi connectivity index (χ2n) is 7.09. The number of aliphatic carboxylic acids is 1. The van der Waals surface area contributed by atoms with Crippen LogP contribution in [0.4, 0.5) is 0 Å². The fraction of sp³-hybridized carbons (Fsp3) is 0.368. The van der Waals surface area contributed by atoms with Gasteiger partial charge in [-0.15, -0.1) is 0 Å². The molecule has 8 heteroatoms. The van der Waals surface area contributed by atoms with Crippen molar-refractivity contribution in [3.05, 3.63) is 42.5 Å². The Kier molecular flexibility index (Phi) is 5.21. The third-order valence-electron chi connectivity index (χ3n) is 5.00. The Balaban J connectivity index is 1.59. The maximum Gasteiger partial charge on any atom is 0.311 e. The number of nitrogens with zero attached hydrogens (tertiary/aromatic N) is 1. The number of carboxylic acids is 1. The van der Waals surface area contributed by atoms with E-state index in [9.17, 15) is 23.1 Å². The number of fused-ring (bicyclic) bond motifs is 1. The van der Waals surface area contributed by atoms with Crippen molar-refractivity contribution in [2.24, 2.45) is 5.41 Å². The van der Waals surface area contributed by atoms with E-state index in [2.05, 4.69) is 4.72 Å². The molecule has 0 saturated carbocycles. The molecule has 1 saturated heterocycles. The molecule has 1 fully saturated rings. The third-order valence-corrected chi connectivity index (χ3v) is 6.46. The smallest absolute Gasteiger partial charge is 0.311 e. The fourth-order valence-corrected chi connectivity index (χ4v) is 4.28. The summed E-state index contributed by atoms with van der Waals surface area (Å²) in [5.74, 6) is -1.17. The summed E-state index contributed by atoms with van der Waals surface area (Å²) in [5.41, 5.74) is -0.930. The molecule has 27 heavy (non-hydrogen) atoms. The van der Waals surface area contributed by atoms with Crippen molar-refractivity contribution in [2.45, 2.75) is 24.7 Å². The summed E-state index contributed by atoms with van der Waals surface area (Å²) in [7, 11) is -3.72. The molecule has 0 spiro atoms. The number of nitrogens with one attached hydrogen (secondary N) is 1. The van der Waals surface area contributed by atoms with Crippen LogP contribution in [0.25, 0.3) is 10.8 Å². The van der Waals surface area contributed by atoms with Crippen molar-refractivity contribution in [1.82, 2.24) is 9.62 Å². The van der Waals surface area contributed by atoms with Gasteiger partial charge in [0.05, 0.1) is 10.3 Å². The summed E-state index contributed by atoms with van der Waals surface area (Å²) in [6.07, 6.45) is 0.388. The van der Waals surface area contributed by atoms with Gasteiger partial charge in [0.2, 0.25) is 15.9 Å². The Morgan fingerprint density at radius 3 is 2.56 bits per heavy atom. The molecule has 2 aromatic rings. The van der Waals surface area contributed by atoms with Gasteiger partial charge in [0.25, 0.3) is 0 Å². The monoisotopic (exact) mass is 390 g/mol. The van der Waals surface area contributed by atoms with E-state index in [4.69, 9.17) is 0 Å². The number of carboxylic acid groups (broad SMARTS) is 1. The largest absolute Gasteiger partial charge is 0.481 e. The maximum absolute atomic E-state index is 12.5. The van der Waals surface area contributed by atoms with Crippen LogP contribution in [-0.4, -0.2) is 49.9 Å². The molecule has 0 bridgehead atoms. The summed E-state index contributed by atoms with van der Waals surface area (Å²) in [6.45, 7) is 2.11. The minimum atomic E-state index is -3.72. The van der Waals surface area contributed by atoms with Crippen LogP contribution >= 0.6 is 0 Å². The minimum Gasteiger partial charge on any atom is -0.481 e. The van der Waals surface area contributed by atoms with Gasteiger partial charge in [-0.25, -0.2) is 13.1 Å². The fourth-order valence-electron chi connectivity index (χ4n) is 3.22. The molecule has 0 aromatic heterocycles. The molecule has 0 radical (unpaired) electrons. The van der Waals surface area contributed by atoms with Crippen LogP contribution in [-0.2, 0) is 19.6 Å². The van der Waals surface area contributed by atoms with Crippen molar-refractivity contribution < 1.29 is 23.1 Å². The van der Waals surface area contributed by atoms with Crippen LogP contribution in [0.2, 0.25) is 0 Å². The Bertz CT molecular complexity index is 989. The zero-order valence-corrected chi connectivity index (χ0v) is 15.8. The van der Waals surface area contributed by atoms with E-state index in [0.29, 0.717) is 13.0 Å². The number of hydrogen-bond donors (Lipinski definition) is 2. The van der Waals surface area contributed by atoms with Crippen molar-refractivity contribution in [3.8, 4) is 0 Å². The highest BCUT2D eigenvalue weighted by molar-refractivity contribution is 7.89. The van der Waals surface area contributed by atoms with E-state index in [1.807, 2.05) is 24.3 Å². The topological polar surface area (TPSA) is 104 Å². The first-order valence-electron chi connectivity index (χ1n) is 8.71. The van der Waals surface area contributed by atoms with Crippen molar-refractivity contribution in [2.75, 3.05) is 19.6 Å². The predicted molar refractivity (Wildman–Crippen MR) is 101 cm³/mol. The number of carbonyl (C=O) groups is 2. The highest BCUT2D eigenvalue weighted by Gasteiger charge is 2.41. The van der Waals surface area contributed by atoms with Crippen molar-refractivity contribution in [1.29, 1.82) is 0 Å². The molecule has 2 aromatic carbocycles. The van der Waals surface area contributed by atoms with Gasteiger partial charge >= 0.3 is 5.97 Å². The molecule has 1 heterocycles. The standard InChI is InChI=1S/C19H22N2O5S/c1-19(18(23)24)9-11-21(13-19)17(22)8-10-20-27(25,26)16-7-6-14-4-2-3-5-15(14)12-16/h2-7,12,20H,8-11,13H2,1H3,(H,23,24). The predicted octanol–water partition coefficient (Wildman–Crippen LogP) is 1.83. The van der Waals surface area contributed by atoms with Crippen molar-refractivity contribution >= 4 is 32.7 Å². The van der Waals surface area contributed by atoms with E-state index in [1.54, 1.807) is 19.1 Å². The molecule has 1 unspecified atom stereocenters. The molecule has 144 valence electrons. The molecular formula is C19H22N2O5S. The van der Waals surface area contributed by atoms with Gasteiger partial charge in [0.1, 0.15) is 0 Å². The molecule has 0 aliphatic carbocycles. The summed E-state index contributed by atoms with van der Waals surface area (Å²) in [4.78, 5) is 25.1. The molecule has 7 nitrogen and oxygen atoms in total. The third kappa shape index (κ3) is 4.12. The number of carbonyl (C=O) groups excluding carboxylic acids is 1. The molecule has 3 rings (SSSR count). The lowest BCUT2D eigenvalue weighted by Gasteiger charge is -2.20. The van der Waals surface area contributed by atoms with Crippen LogP contribution in [0.15, 0.2) is 47.4 Å². The molecule has 1 atom stereocenters. The Hall–Kier alpha value is -2.45. The zero-order valence-electron chi connectivity index (χ0n) is 15.0. The zero-order chi connectivity index (χ0) is 19.7. The van der Waals surface area contributed by atoms with Gasteiger partial charge < -0.3 is 10.0 Å². The summed E-state index contributed by atoms with van der Waals surface area (Å²) < 4.78 is 27.4. The quantitative estimate of drug-likeness (QED) is 0.783. The van der Waals surface area contributed by atoms with Crippen LogP contribution in [0, 0.1) is 5.41 Å². The highest BCUT2D eigenvalue weighted by atomic mass is 32.2. The number of amides is 1. The van der Waals surface area contributed by atoms with Crippen LogP contribution in [0.1, 0.15) is 19.8 Å². The maximum atomic E-state index is 12.5. The lowest BCUT2D eigenvalue weighted by Crippen LogP contribution is -2.36. The number of likely N-dealkylation sites (tertiary alicyclic amines) is 1. The van der Waals surface area contributed by atoms with Crippen LogP contribution in [0.5, 0.6) is 0 Å². The van der Waals surface area contributed by atoms with Gasteiger partial charge in [-0.05, 0) is 36.2 Å². The number of rotatable bonds is 6. The summed E-state index contributed by atoms with van der Waals surface area (Å²) in [6, 6.07) is 12.3. The average Bonchev–Trinajstić information content (AvgIpc) is 3.05. The van der Waals surface area contributed by atoms with Gasteiger partial charge in [-0.3, -0.25) is 9.59 Å². The SMILES string of the molecule is CC1(C(=O)O)CCN(C(=O)CCNS(=O)(=O)c2ccc3ccccc3c2)C1. The first-order valence-corrected chi connectivity index (χ1v) is 10.2. The van der Waals surface area contributed by atoms with E-state index in [1.165, 1.54) is 11.0 Å². The molecule has 2 N–H and O–H groups in total. The Morgan fingerprint density at radius 2 is 1.89 bits per heavy atom. The summed E-state index contributed by atoms with van der Waals surface area (Å²) >= 11 is 0. The van der Waals surface area contributed by atoms with Gasteiger partial charge in [-0.2, -0.15) is 0 Å². The lowest BCUT2D eigenvalue weighted by molar-refractivity contribution is -0.147. The number of benzene rings is 2. The van der Waals surface area contributed by atoms with E-state index in [0.717, 1.165) is 10.8 Å². The highest BCUT2D eigenvalue weighted by Crippen LogP contribution is 2.30.